The Morgan fingerprint density at radius 1 is 0.862 bits per heavy atom. The van der Waals surface area contributed by atoms with Crippen molar-refractivity contribution in [2.24, 2.45) is 0 Å². The number of ether oxygens (including phenoxy) is 3. The third-order valence-corrected chi connectivity index (χ3v) is 3.91. The summed E-state index contributed by atoms with van der Waals surface area (Å²) in [5, 5.41) is 2.74. The number of amides is 1. The van der Waals surface area contributed by atoms with E-state index in [0.29, 0.717) is 41.4 Å². The smallest absolute Gasteiger partial charge is 0.262 e. The molecule has 0 heterocycles. The van der Waals surface area contributed by atoms with Crippen LogP contribution in [0.25, 0.3) is 0 Å². The fraction of sp³-hybridized carbons (Fsp3) is 0.130. The van der Waals surface area contributed by atoms with Gasteiger partial charge in [-0.1, -0.05) is 12.1 Å². The van der Waals surface area contributed by atoms with Crippen LogP contribution in [0.15, 0.2) is 72.8 Å². The molecule has 0 unspecified atom stereocenters. The summed E-state index contributed by atoms with van der Waals surface area (Å²) < 4.78 is 16.6. The predicted octanol–water partition coefficient (Wildman–Crippen LogP) is 4.71. The average molecular weight is 391 g/mol. The minimum atomic E-state index is -0.328. The molecule has 0 aliphatic rings. The molecule has 1 N–H and O–H groups in total. The number of nitrogens with one attached hydrogen (secondary N) is 1. The van der Waals surface area contributed by atoms with Gasteiger partial charge in [0.05, 0.1) is 12.2 Å². The van der Waals surface area contributed by atoms with Gasteiger partial charge in [-0.05, 0) is 67.6 Å². The molecule has 0 bridgehead atoms. The molecular weight excluding hydrogens is 370 g/mol. The Morgan fingerprint density at radius 3 is 2.14 bits per heavy atom. The van der Waals surface area contributed by atoms with Crippen LogP contribution in [-0.4, -0.2) is 25.4 Å². The highest BCUT2D eigenvalue weighted by atomic mass is 16.5. The van der Waals surface area contributed by atoms with Crippen LogP contribution in [0, 0.1) is 0 Å². The first-order valence-corrected chi connectivity index (χ1v) is 9.15. The molecule has 0 spiro atoms. The number of rotatable bonds is 9. The van der Waals surface area contributed by atoms with Crippen molar-refractivity contribution in [3.05, 3.63) is 78.4 Å². The fourth-order valence-electron chi connectivity index (χ4n) is 2.56. The van der Waals surface area contributed by atoms with Gasteiger partial charge < -0.3 is 19.5 Å². The van der Waals surface area contributed by atoms with Gasteiger partial charge in [0.2, 0.25) is 0 Å². The molecule has 0 aliphatic carbocycles. The lowest BCUT2D eigenvalue weighted by Gasteiger charge is -2.10. The van der Waals surface area contributed by atoms with Crippen molar-refractivity contribution in [1.29, 1.82) is 0 Å². The van der Waals surface area contributed by atoms with Crippen molar-refractivity contribution in [3.63, 3.8) is 0 Å². The number of carbonyl (C=O) groups is 2. The van der Waals surface area contributed by atoms with Crippen LogP contribution >= 0.6 is 0 Å². The number of anilines is 1. The van der Waals surface area contributed by atoms with E-state index in [1.807, 2.05) is 31.2 Å². The number of carbonyl (C=O) groups excluding carboxylic acids is 2. The van der Waals surface area contributed by atoms with Crippen LogP contribution in [0.2, 0.25) is 0 Å². The fourth-order valence-corrected chi connectivity index (χ4v) is 2.56. The van der Waals surface area contributed by atoms with Gasteiger partial charge in [-0.15, -0.1) is 0 Å². The van der Waals surface area contributed by atoms with E-state index < -0.39 is 0 Å². The molecule has 0 aromatic heterocycles. The zero-order chi connectivity index (χ0) is 20.5. The van der Waals surface area contributed by atoms with Gasteiger partial charge in [0, 0.05) is 5.69 Å². The highest BCUT2D eigenvalue weighted by molar-refractivity contribution is 5.92. The van der Waals surface area contributed by atoms with Gasteiger partial charge in [-0.3, -0.25) is 9.59 Å². The normalized spacial score (nSPS) is 10.1. The minimum absolute atomic E-state index is 0.199. The third-order valence-electron chi connectivity index (χ3n) is 3.91. The summed E-state index contributed by atoms with van der Waals surface area (Å²) >= 11 is 0. The standard InChI is InChI=1S/C23H21NO5/c1-2-27-19-11-13-21(14-12-19)29-20-9-7-18(8-10-20)24-23(26)16-28-22-6-4-3-5-17(22)15-25/h3-15H,2,16H2,1H3,(H,24,26). The van der Waals surface area contributed by atoms with Crippen LogP contribution in [0.4, 0.5) is 5.69 Å². The Kier molecular flexibility index (Phi) is 6.84. The molecule has 3 aromatic carbocycles. The lowest BCUT2D eigenvalue weighted by atomic mass is 10.2. The van der Waals surface area contributed by atoms with Crippen LogP contribution in [0.1, 0.15) is 17.3 Å². The Balaban J connectivity index is 1.51. The second-order valence-electron chi connectivity index (χ2n) is 6.02. The second-order valence-corrected chi connectivity index (χ2v) is 6.02. The van der Waals surface area contributed by atoms with Crippen molar-refractivity contribution < 1.29 is 23.8 Å². The number of hydrogen-bond donors (Lipinski definition) is 1. The quantitative estimate of drug-likeness (QED) is 0.535. The molecule has 1 amide bonds. The zero-order valence-corrected chi connectivity index (χ0v) is 16.0. The van der Waals surface area contributed by atoms with Gasteiger partial charge in [0.25, 0.3) is 5.91 Å². The summed E-state index contributed by atoms with van der Waals surface area (Å²) in [6.07, 6.45) is 0.691. The molecule has 0 saturated heterocycles. The summed E-state index contributed by atoms with van der Waals surface area (Å²) in [6, 6.07) is 21.1. The SMILES string of the molecule is CCOc1ccc(Oc2ccc(NC(=O)COc3ccccc3C=O)cc2)cc1. The summed E-state index contributed by atoms with van der Waals surface area (Å²) in [6.45, 7) is 2.35. The van der Waals surface area contributed by atoms with Gasteiger partial charge in [0.1, 0.15) is 23.0 Å². The van der Waals surface area contributed by atoms with Crippen LogP contribution in [-0.2, 0) is 4.79 Å². The maximum absolute atomic E-state index is 12.1. The first kappa shape index (κ1) is 19.9. The third kappa shape index (κ3) is 5.84. The molecule has 0 atom stereocenters. The molecular formula is C23H21NO5. The van der Waals surface area contributed by atoms with Crippen molar-refractivity contribution in [2.45, 2.75) is 6.92 Å². The van der Waals surface area contributed by atoms with Crippen molar-refractivity contribution in [1.82, 2.24) is 0 Å². The number of para-hydroxylation sites is 1. The van der Waals surface area contributed by atoms with Gasteiger partial charge in [-0.2, -0.15) is 0 Å². The summed E-state index contributed by atoms with van der Waals surface area (Å²) in [7, 11) is 0. The van der Waals surface area contributed by atoms with Crippen LogP contribution < -0.4 is 19.5 Å². The number of aldehydes is 1. The highest BCUT2D eigenvalue weighted by Crippen LogP contribution is 2.25. The number of benzene rings is 3. The van der Waals surface area contributed by atoms with E-state index >= 15 is 0 Å². The zero-order valence-electron chi connectivity index (χ0n) is 16.0. The molecule has 0 saturated carbocycles. The Hall–Kier alpha value is -3.80. The lowest BCUT2D eigenvalue weighted by Crippen LogP contribution is -2.20. The maximum Gasteiger partial charge on any atom is 0.262 e. The molecule has 6 nitrogen and oxygen atoms in total. The monoisotopic (exact) mass is 391 g/mol. The Bertz CT molecular complexity index is 952. The second kappa shape index (κ2) is 9.94. The average Bonchev–Trinajstić information content (AvgIpc) is 2.75. The van der Waals surface area contributed by atoms with Crippen molar-refractivity contribution in [2.75, 3.05) is 18.5 Å². The minimum Gasteiger partial charge on any atom is -0.494 e. The van der Waals surface area contributed by atoms with E-state index in [0.717, 1.165) is 5.75 Å². The van der Waals surface area contributed by atoms with E-state index in [1.54, 1.807) is 48.5 Å². The summed E-state index contributed by atoms with van der Waals surface area (Å²) in [5.41, 5.74) is 1.01. The van der Waals surface area contributed by atoms with Crippen LogP contribution in [0.5, 0.6) is 23.0 Å². The lowest BCUT2D eigenvalue weighted by molar-refractivity contribution is -0.118. The van der Waals surface area contributed by atoms with E-state index in [-0.39, 0.29) is 12.5 Å². The molecule has 0 radical (unpaired) electrons. The Labute approximate surface area is 169 Å². The van der Waals surface area contributed by atoms with E-state index in [1.165, 1.54) is 0 Å². The number of hydrogen-bond acceptors (Lipinski definition) is 5. The molecule has 0 aliphatic heterocycles. The summed E-state index contributed by atoms with van der Waals surface area (Å²) in [5.74, 6) is 2.16. The first-order valence-electron chi connectivity index (χ1n) is 9.15. The van der Waals surface area contributed by atoms with Crippen LogP contribution in [0.3, 0.4) is 0 Å². The molecule has 0 fully saturated rings. The topological polar surface area (TPSA) is 73.9 Å². The van der Waals surface area contributed by atoms with Crippen molar-refractivity contribution in [3.8, 4) is 23.0 Å². The van der Waals surface area contributed by atoms with Gasteiger partial charge in [-0.25, -0.2) is 0 Å². The van der Waals surface area contributed by atoms with Crippen molar-refractivity contribution >= 4 is 17.9 Å². The molecule has 6 heteroatoms. The largest absolute Gasteiger partial charge is 0.494 e. The molecule has 29 heavy (non-hydrogen) atoms. The van der Waals surface area contributed by atoms with E-state index in [9.17, 15) is 9.59 Å². The maximum atomic E-state index is 12.1. The predicted molar refractivity (Wildman–Crippen MR) is 110 cm³/mol. The van der Waals surface area contributed by atoms with E-state index in [4.69, 9.17) is 14.2 Å². The summed E-state index contributed by atoms with van der Waals surface area (Å²) in [4.78, 5) is 23.1. The van der Waals surface area contributed by atoms with Gasteiger partial charge in [0.15, 0.2) is 12.9 Å². The first-order chi connectivity index (χ1) is 14.2. The molecule has 3 rings (SSSR count). The van der Waals surface area contributed by atoms with Gasteiger partial charge >= 0.3 is 0 Å². The van der Waals surface area contributed by atoms with E-state index in [2.05, 4.69) is 5.32 Å². The Morgan fingerprint density at radius 2 is 1.48 bits per heavy atom. The molecule has 3 aromatic rings. The molecule has 148 valence electrons. The highest BCUT2D eigenvalue weighted by Gasteiger charge is 2.07.